The molecule has 80 valence electrons. The molecule has 0 saturated heterocycles. The fourth-order valence-corrected chi connectivity index (χ4v) is 2.18. The molecule has 0 heterocycles. The summed E-state index contributed by atoms with van der Waals surface area (Å²) in [7, 11) is 0. The average molecular weight is 216 g/mol. The first-order valence-electron chi connectivity index (χ1n) is 4.03. The van der Waals surface area contributed by atoms with Crippen LogP contribution in [0.4, 0.5) is 26.3 Å². The summed E-state index contributed by atoms with van der Waals surface area (Å²) in [6, 6.07) is 0. The molecule has 0 N–H and O–H groups in total. The van der Waals surface area contributed by atoms with E-state index in [9.17, 15) is 26.3 Å². The molecular formula is C8H6F6. The zero-order chi connectivity index (χ0) is 10.8. The zero-order valence-corrected chi connectivity index (χ0v) is 6.78. The van der Waals surface area contributed by atoms with Crippen molar-refractivity contribution in [3.63, 3.8) is 0 Å². The number of hydrogen-bond donors (Lipinski definition) is 0. The van der Waals surface area contributed by atoms with Gasteiger partial charge in [-0.25, -0.2) is 13.2 Å². The summed E-state index contributed by atoms with van der Waals surface area (Å²) in [5.41, 5.74) is -4.38. The van der Waals surface area contributed by atoms with E-state index < -0.39 is 36.0 Å². The smallest absolute Gasteiger partial charge is 0.226 e. The lowest BCUT2D eigenvalue weighted by atomic mass is 9.86. The van der Waals surface area contributed by atoms with Gasteiger partial charge >= 0.3 is 6.18 Å². The standard InChI is InChI=1S/C8H6F6/c9-6(8(12,13)14)4-1-2-5(3-4)7(6,10)11/h1-2,4-5H,3H2/t4-,5+,6+/m1/s1. The van der Waals surface area contributed by atoms with Crippen LogP contribution in [0.3, 0.4) is 0 Å². The molecule has 0 aromatic heterocycles. The van der Waals surface area contributed by atoms with Gasteiger partial charge < -0.3 is 0 Å². The monoisotopic (exact) mass is 216 g/mol. The largest absolute Gasteiger partial charge is 0.429 e. The van der Waals surface area contributed by atoms with Crippen LogP contribution >= 0.6 is 0 Å². The Hall–Kier alpha value is -0.680. The van der Waals surface area contributed by atoms with Crippen molar-refractivity contribution in [1.82, 2.24) is 0 Å². The second kappa shape index (κ2) is 2.28. The van der Waals surface area contributed by atoms with E-state index in [1.807, 2.05) is 0 Å². The lowest BCUT2D eigenvalue weighted by Gasteiger charge is -2.35. The van der Waals surface area contributed by atoms with Crippen LogP contribution in [0.15, 0.2) is 12.2 Å². The fraction of sp³-hybridized carbons (Fsp3) is 0.750. The molecular weight excluding hydrogens is 210 g/mol. The number of allylic oxidation sites excluding steroid dienone is 2. The van der Waals surface area contributed by atoms with Crippen molar-refractivity contribution < 1.29 is 26.3 Å². The van der Waals surface area contributed by atoms with E-state index in [0.717, 1.165) is 12.2 Å². The number of fused-ring (bicyclic) bond motifs is 2. The highest BCUT2D eigenvalue weighted by molar-refractivity contribution is 5.27. The lowest BCUT2D eigenvalue weighted by molar-refractivity contribution is -0.305. The average Bonchev–Trinajstić information content (AvgIpc) is 2.52. The van der Waals surface area contributed by atoms with E-state index in [4.69, 9.17) is 0 Å². The van der Waals surface area contributed by atoms with Gasteiger partial charge in [-0.05, 0) is 6.42 Å². The predicted molar refractivity (Wildman–Crippen MR) is 35.6 cm³/mol. The third-order valence-electron chi connectivity index (χ3n) is 2.96. The van der Waals surface area contributed by atoms with Crippen molar-refractivity contribution in [2.75, 3.05) is 0 Å². The maximum atomic E-state index is 13.4. The van der Waals surface area contributed by atoms with E-state index in [0.29, 0.717) is 0 Å². The van der Waals surface area contributed by atoms with Gasteiger partial charge in [-0.3, -0.25) is 0 Å². The number of alkyl halides is 6. The molecule has 1 saturated carbocycles. The first kappa shape index (κ1) is 9.86. The fourth-order valence-electron chi connectivity index (χ4n) is 2.18. The van der Waals surface area contributed by atoms with Gasteiger partial charge in [0.1, 0.15) is 0 Å². The summed E-state index contributed by atoms with van der Waals surface area (Å²) >= 11 is 0. The number of rotatable bonds is 0. The molecule has 6 heteroatoms. The molecule has 0 aliphatic heterocycles. The van der Waals surface area contributed by atoms with Gasteiger partial charge in [-0.15, -0.1) is 0 Å². The third kappa shape index (κ3) is 0.821. The summed E-state index contributed by atoms with van der Waals surface area (Å²) < 4.78 is 76.1. The van der Waals surface area contributed by atoms with Crippen LogP contribution in [0.1, 0.15) is 6.42 Å². The van der Waals surface area contributed by atoms with Gasteiger partial charge in [-0.1, -0.05) is 12.2 Å². The molecule has 0 aromatic carbocycles. The number of halogens is 6. The van der Waals surface area contributed by atoms with Gasteiger partial charge in [0.15, 0.2) is 0 Å². The van der Waals surface area contributed by atoms with Crippen molar-refractivity contribution in [2.24, 2.45) is 11.8 Å². The Morgan fingerprint density at radius 2 is 1.50 bits per heavy atom. The van der Waals surface area contributed by atoms with Crippen molar-refractivity contribution in [3.05, 3.63) is 12.2 Å². The molecule has 2 aliphatic rings. The summed E-state index contributed by atoms with van der Waals surface area (Å²) in [5.74, 6) is -7.67. The van der Waals surface area contributed by atoms with Crippen molar-refractivity contribution in [1.29, 1.82) is 0 Å². The normalized spacial score (nSPS) is 44.7. The minimum Gasteiger partial charge on any atom is -0.226 e. The van der Waals surface area contributed by atoms with Gasteiger partial charge in [-0.2, -0.15) is 13.2 Å². The molecule has 0 unspecified atom stereocenters. The molecule has 0 radical (unpaired) electrons. The zero-order valence-electron chi connectivity index (χ0n) is 6.78. The van der Waals surface area contributed by atoms with Crippen LogP contribution in [-0.4, -0.2) is 17.8 Å². The molecule has 0 amide bonds. The molecule has 2 bridgehead atoms. The molecule has 2 aliphatic carbocycles. The van der Waals surface area contributed by atoms with Gasteiger partial charge in [0, 0.05) is 11.8 Å². The van der Waals surface area contributed by atoms with Gasteiger partial charge in [0.2, 0.25) is 0 Å². The minimum atomic E-state index is -5.51. The van der Waals surface area contributed by atoms with Crippen LogP contribution in [0.2, 0.25) is 0 Å². The summed E-state index contributed by atoms with van der Waals surface area (Å²) in [6.45, 7) is 0. The molecule has 14 heavy (non-hydrogen) atoms. The Balaban J connectivity index is 2.50. The predicted octanol–water partition coefficient (Wildman–Crippen LogP) is 3.10. The summed E-state index contributed by atoms with van der Waals surface area (Å²) in [4.78, 5) is 0. The van der Waals surface area contributed by atoms with E-state index in [1.54, 1.807) is 0 Å². The van der Waals surface area contributed by atoms with E-state index in [-0.39, 0.29) is 0 Å². The highest BCUT2D eigenvalue weighted by Gasteiger charge is 2.80. The Morgan fingerprint density at radius 3 is 1.79 bits per heavy atom. The van der Waals surface area contributed by atoms with Gasteiger partial charge in [0.05, 0.1) is 0 Å². The molecule has 3 atom stereocenters. The molecule has 0 aromatic rings. The Kier molecular flexibility index (Phi) is 1.60. The topological polar surface area (TPSA) is 0 Å². The Morgan fingerprint density at radius 1 is 1.00 bits per heavy atom. The second-order valence-corrected chi connectivity index (χ2v) is 3.67. The van der Waals surface area contributed by atoms with Crippen LogP contribution in [0.25, 0.3) is 0 Å². The summed E-state index contributed by atoms with van der Waals surface area (Å²) in [5, 5.41) is 0. The SMILES string of the molecule is FC(F)(F)[C@]1(F)[C@@H]2C=C[C@@H](C2)C1(F)F. The van der Waals surface area contributed by atoms with Crippen LogP contribution in [-0.2, 0) is 0 Å². The van der Waals surface area contributed by atoms with Crippen molar-refractivity contribution >= 4 is 0 Å². The van der Waals surface area contributed by atoms with Crippen LogP contribution in [0.5, 0.6) is 0 Å². The van der Waals surface area contributed by atoms with Crippen LogP contribution < -0.4 is 0 Å². The third-order valence-corrected chi connectivity index (χ3v) is 2.96. The minimum absolute atomic E-state index is 0.455. The quantitative estimate of drug-likeness (QED) is 0.431. The van der Waals surface area contributed by atoms with E-state index >= 15 is 0 Å². The Labute approximate surface area is 75.6 Å². The van der Waals surface area contributed by atoms with Crippen molar-refractivity contribution in [2.45, 2.75) is 24.2 Å². The maximum Gasteiger partial charge on any atom is 0.429 e. The van der Waals surface area contributed by atoms with Crippen molar-refractivity contribution in [3.8, 4) is 0 Å². The molecule has 2 rings (SSSR count). The molecule has 0 spiro atoms. The highest BCUT2D eigenvalue weighted by atomic mass is 19.4. The lowest BCUT2D eigenvalue weighted by Crippen LogP contribution is -2.57. The summed E-state index contributed by atoms with van der Waals surface area (Å²) in [6.07, 6.45) is -4.10. The maximum absolute atomic E-state index is 13.4. The first-order valence-corrected chi connectivity index (χ1v) is 4.03. The molecule has 0 nitrogen and oxygen atoms in total. The van der Waals surface area contributed by atoms with Crippen LogP contribution in [0, 0.1) is 11.8 Å². The van der Waals surface area contributed by atoms with E-state index in [2.05, 4.69) is 0 Å². The Bertz CT molecular complexity index is 291. The number of hydrogen-bond acceptors (Lipinski definition) is 0. The molecule has 1 fully saturated rings. The van der Waals surface area contributed by atoms with Gasteiger partial charge in [0.25, 0.3) is 11.6 Å². The first-order chi connectivity index (χ1) is 6.21. The highest BCUT2D eigenvalue weighted by Crippen LogP contribution is 2.63. The van der Waals surface area contributed by atoms with E-state index in [1.165, 1.54) is 0 Å². The second-order valence-electron chi connectivity index (χ2n) is 3.67.